The van der Waals surface area contributed by atoms with Crippen LogP contribution in [0.5, 0.6) is 0 Å². The number of benzene rings is 1. The Hall–Kier alpha value is -1.23. The van der Waals surface area contributed by atoms with E-state index in [0.29, 0.717) is 6.54 Å². The maximum atomic E-state index is 5.57. The number of nitrogens with one attached hydrogen (secondary N) is 1. The molecule has 1 aromatic heterocycles. The van der Waals surface area contributed by atoms with Crippen molar-refractivity contribution in [3.8, 4) is 0 Å². The van der Waals surface area contributed by atoms with Gasteiger partial charge in [0.05, 0.1) is 11.7 Å². The smallest absolute Gasteiger partial charge is 0.0751 e. The van der Waals surface area contributed by atoms with Gasteiger partial charge in [-0.3, -0.25) is 4.98 Å². The van der Waals surface area contributed by atoms with Gasteiger partial charge in [-0.15, -0.1) is 0 Å². The summed E-state index contributed by atoms with van der Waals surface area (Å²) in [6, 6.07) is 14.3. The lowest BCUT2D eigenvalue weighted by Gasteiger charge is -2.18. The van der Waals surface area contributed by atoms with Crippen LogP contribution in [-0.4, -0.2) is 18.1 Å². The maximum Gasteiger partial charge on any atom is 0.0751 e. The van der Waals surface area contributed by atoms with E-state index in [9.17, 15) is 0 Å². The lowest BCUT2D eigenvalue weighted by Crippen LogP contribution is -2.28. The SMILES string of the molecule is NCCNC(c1ccc(Br)cc1)c1ccccn1. The second kappa shape index (κ2) is 6.64. The first-order chi connectivity index (χ1) is 8.81. The Labute approximate surface area is 116 Å². The van der Waals surface area contributed by atoms with Gasteiger partial charge >= 0.3 is 0 Å². The van der Waals surface area contributed by atoms with Gasteiger partial charge in [0.2, 0.25) is 0 Å². The summed E-state index contributed by atoms with van der Waals surface area (Å²) >= 11 is 3.45. The molecule has 1 heterocycles. The molecule has 0 aliphatic rings. The third-order valence-electron chi connectivity index (χ3n) is 2.68. The number of rotatable bonds is 5. The fraction of sp³-hybridized carbons (Fsp3) is 0.214. The van der Waals surface area contributed by atoms with Gasteiger partial charge in [0, 0.05) is 23.8 Å². The fourth-order valence-electron chi connectivity index (χ4n) is 1.82. The highest BCUT2D eigenvalue weighted by Gasteiger charge is 2.13. The summed E-state index contributed by atoms with van der Waals surface area (Å²) in [5, 5.41) is 3.42. The van der Waals surface area contributed by atoms with Crippen molar-refractivity contribution in [2.75, 3.05) is 13.1 Å². The average Bonchev–Trinajstić information content (AvgIpc) is 2.42. The molecule has 0 saturated carbocycles. The lowest BCUT2D eigenvalue weighted by atomic mass is 10.0. The van der Waals surface area contributed by atoms with E-state index in [1.165, 1.54) is 5.56 Å². The van der Waals surface area contributed by atoms with Crippen LogP contribution in [0, 0.1) is 0 Å². The van der Waals surface area contributed by atoms with Crippen LogP contribution in [0.1, 0.15) is 17.3 Å². The van der Waals surface area contributed by atoms with Gasteiger partial charge < -0.3 is 11.1 Å². The first-order valence-electron chi connectivity index (χ1n) is 5.91. The summed E-state index contributed by atoms with van der Waals surface area (Å²) in [6.45, 7) is 1.37. The number of pyridine rings is 1. The van der Waals surface area contributed by atoms with Crippen LogP contribution >= 0.6 is 15.9 Å². The zero-order chi connectivity index (χ0) is 12.8. The van der Waals surface area contributed by atoms with Gasteiger partial charge in [0.1, 0.15) is 0 Å². The van der Waals surface area contributed by atoms with E-state index in [0.717, 1.165) is 16.7 Å². The standard InChI is InChI=1S/C14H16BrN3/c15-12-6-4-11(5-7-12)14(18-10-8-16)13-3-1-2-9-17-13/h1-7,9,14,18H,8,10,16H2. The van der Waals surface area contributed by atoms with Crippen molar-refractivity contribution >= 4 is 15.9 Å². The third-order valence-corrected chi connectivity index (χ3v) is 3.21. The normalized spacial score (nSPS) is 12.3. The molecule has 2 rings (SSSR count). The molecule has 0 spiro atoms. The Kier molecular flexibility index (Phi) is 4.87. The zero-order valence-electron chi connectivity index (χ0n) is 10.0. The van der Waals surface area contributed by atoms with Crippen LogP contribution in [0.15, 0.2) is 53.1 Å². The summed E-state index contributed by atoms with van der Waals surface area (Å²) in [5.74, 6) is 0. The molecule has 4 heteroatoms. The molecule has 0 aliphatic heterocycles. The van der Waals surface area contributed by atoms with Crippen LogP contribution in [0.2, 0.25) is 0 Å². The molecule has 0 amide bonds. The molecule has 1 aromatic carbocycles. The fourth-order valence-corrected chi connectivity index (χ4v) is 2.09. The van der Waals surface area contributed by atoms with Gasteiger partial charge in [-0.25, -0.2) is 0 Å². The highest BCUT2D eigenvalue weighted by Crippen LogP contribution is 2.21. The van der Waals surface area contributed by atoms with E-state index in [1.54, 1.807) is 0 Å². The largest absolute Gasteiger partial charge is 0.329 e. The molecule has 0 fully saturated rings. The monoisotopic (exact) mass is 305 g/mol. The molecule has 0 radical (unpaired) electrons. The van der Waals surface area contributed by atoms with Gasteiger partial charge in [0.25, 0.3) is 0 Å². The van der Waals surface area contributed by atoms with Crippen molar-refractivity contribution in [2.24, 2.45) is 5.73 Å². The number of hydrogen-bond acceptors (Lipinski definition) is 3. The Balaban J connectivity index is 2.27. The molecule has 3 N–H and O–H groups in total. The van der Waals surface area contributed by atoms with Crippen molar-refractivity contribution < 1.29 is 0 Å². The average molecular weight is 306 g/mol. The Morgan fingerprint density at radius 1 is 1.17 bits per heavy atom. The third kappa shape index (κ3) is 3.38. The minimum atomic E-state index is 0.0860. The van der Waals surface area contributed by atoms with Gasteiger partial charge in [0.15, 0.2) is 0 Å². The second-order valence-corrected chi connectivity index (χ2v) is 4.90. The van der Waals surface area contributed by atoms with E-state index in [2.05, 4.69) is 38.4 Å². The predicted molar refractivity (Wildman–Crippen MR) is 77.3 cm³/mol. The van der Waals surface area contributed by atoms with Crippen LogP contribution in [0.4, 0.5) is 0 Å². The van der Waals surface area contributed by atoms with Crippen LogP contribution in [-0.2, 0) is 0 Å². The van der Waals surface area contributed by atoms with Gasteiger partial charge in [-0.1, -0.05) is 34.1 Å². The van der Waals surface area contributed by atoms with E-state index >= 15 is 0 Å². The Morgan fingerprint density at radius 2 is 1.94 bits per heavy atom. The van der Waals surface area contributed by atoms with Crippen LogP contribution < -0.4 is 11.1 Å². The molecule has 2 aromatic rings. The molecule has 0 bridgehead atoms. The van der Waals surface area contributed by atoms with E-state index in [4.69, 9.17) is 5.73 Å². The van der Waals surface area contributed by atoms with Crippen molar-refractivity contribution in [1.82, 2.24) is 10.3 Å². The quantitative estimate of drug-likeness (QED) is 0.892. The molecule has 1 unspecified atom stereocenters. The van der Waals surface area contributed by atoms with E-state index < -0.39 is 0 Å². The van der Waals surface area contributed by atoms with E-state index in [-0.39, 0.29) is 6.04 Å². The Bertz CT molecular complexity index is 470. The van der Waals surface area contributed by atoms with Crippen LogP contribution in [0.3, 0.4) is 0 Å². The van der Waals surface area contributed by atoms with Crippen molar-refractivity contribution in [1.29, 1.82) is 0 Å². The first kappa shape index (κ1) is 13.2. The molecule has 3 nitrogen and oxygen atoms in total. The highest BCUT2D eigenvalue weighted by molar-refractivity contribution is 9.10. The number of hydrogen-bond donors (Lipinski definition) is 2. The van der Waals surface area contributed by atoms with Crippen LogP contribution in [0.25, 0.3) is 0 Å². The van der Waals surface area contributed by atoms with E-state index in [1.807, 2.05) is 36.5 Å². The molecular formula is C14H16BrN3. The summed E-state index contributed by atoms with van der Waals surface area (Å²) in [5.41, 5.74) is 7.76. The topological polar surface area (TPSA) is 50.9 Å². The molecule has 1 atom stereocenters. The summed E-state index contributed by atoms with van der Waals surface area (Å²) in [7, 11) is 0. The second-order valence-electron chi connectivity index (χ2n) is 3.98. The zero-order valence-corrected chi connectivity index (χ0v) is 11.6. The highest BCUT2D eigenvalue weighted by atomic mass is 79.9. The summed E-state index contributed by atoms with van der Waals surface area (Å²) in [6.07, 6.45) is 1.81. The van der Waals surface area contributed by atoms with Gasteiger partial charge in [-0.05, 0) is 29.8 Å². The summed E-state index contributed by atoms with van der Waals surface area (Å²) in [4.78, 5) is 4.42. The number of halogens is 1. The number of nitrogens with zero attached hydrogens (tertiary/aromatic N) is 1. The molecule has 0 aliphatic carbocycles. The maximum absolute atomic E-state index is 5.57. The predicted octanol–water partition coefficient (Wildman–Crippen LogP) is 2.48. The number of nitrogens with two attached hydrogens (primary N) is 1. The Morgan fingerprint density at radius 3 is 2.56 bits per heavy atom. The number of aromatic nitrogens is 1. The van der Waals surface area contributed by atoms with Crippen molar-refractivity contribution in [3.05, 3.63) is 64.4 Å². The molecule has 18 heavy (non-hydrogen) atoms. The minimum absolute atomic E-state index is 0.0860. The first-order valence-corrected chi connectivity index (χ1v) is 6.70. The molecular weight excluding hydrogens is 290 g/mol. The van der Waals surface area contributed by atoms with Gasteiger partial charge in [-0.2, -0.15) is 0 Å². The molecule has 94 valence electrons. The minimum Gasteiger partial charge on any atom is -0.329 e. The summed E-state index contributed by atoms with van der Waals surface area (Å²) < 4.78 is 1.07. The van der Waals surface area contributed by atoms with Crippen molar-refractivity contribution in [3.63, 3.8) is 0 Å². The lowest BCUT2D eigenvalue weighted by molar-refractivity contribution is 0.598. The van der Waals surface area contributed by atoms with Crippen molar-refractivity contribution in [2.45, 2.75) is 6.04 Å². The molecule has 0 saturated heterocycles.